The van der Waals surface area contributed by atoms with Crippen molar-refractivity contribution in [3.05, 3.63) is 54.1 Å². The standard InChI is InChI=1S/C15H11NO2/c1-11(17)18-15-8-6-14(7-9-15)13-4-2-12(10-16)3-5-13/h2-9H,1H3. The summed E-state index contributed by atoms with van der Waals surface area (Å²) in [5.74, 6) is 0.195. The summed E-state index contributed by atoms with van der Waals surface area (Å²) >= 11 is 0. The molecule has 0 aliphatic heterocycles. The van der Waals surface area contributed by atoms with Gasteiger partial charge in [-0.3, -0.25) is 4.79 Å². The topological polar surface area (TPSA) is 50.1 Å². The average molecular weight is 237 g/mol. The molecule has 0 atom stereocenters. The van der Waals surface area contributed by atoms with Crippen molar-refractivity contribution in [1.82, 2.24) is 0 Å². The van der Waals surface area contributed by atoms with Crippen LogP contribution in [-0.2, 0) is 4.79 Å². The molecule has 0 amide bonds. The van der Waals surface area contributed by atoms with E-state index in [4.69, 9.17) is 10.00 Å². The number of esters is 1. The quantitative estimate of drug-likeness (QED) is 0.595. The monoisotopic (exact) mass is 237 g/mol. The lowest BCUT2D eigenvalue weighted by atomic mass is 10.0. The summed E-state index contributed by atoms with van der Waals surface area (Å²) in [4.78, 5) is 10.8. The summed E-state index contributed by atoms with van der Waals surface area (Å²) in [5.41, 5.74) is 2.66. The molecular formula is C15H11NO2. The van der Waals surface area contributed by atoms with Gasteiger partial charge in [0.2, 0.25) is 0 Å². The molecule has 0 heterocycles. The fourth-order valence-corrected chi connectivity index (χ4v) is 1.62. The molecule has 0 N–H and O–H groups in total. The Balaban J connectivity index is 2.23. The molecule has 0 spiro atoms. The molecule has 2 aromatic carbocycles. The van der Waals surface area contributed by atoms with Gasteiger partial charge >= 0.3 is 5.97 Å². The summed E-state index contributed by atoms with van der Waals surface area (Å²) in [6.07, 6.45) is 0. The lowest BCUT2D eigenvalue weighted by Gasteiger charge is -2.04. The van der Waals surface area contributed by atoms with Crippen LogP contribution in [0.2, 0.25) is 0 Å². The van der Waals surface area contributed by atoms with Crippen LogP contribution >= 0.6 is 0 Å². The van der Waals surface area contributed by atoms with Gasteiger partial charge in [-0.15, -0.1) is 0 Å². The van der Waals surface area contributed by atoms with Gasteiger partial charge in [-0.25, -0.2) is 0 Å². The Bertz CT molecular complexity index is 592. The Morgan fingerprint density at radius 2 is 1.50 bits per heavy atom. The number of rotatable bonds is 2. The SMILES string of the molecule is CC(=O)Oc1ccc(-c2ccc(C#N)cc2)cc1. The molecule has 2 rings (SSSR count). The van der Waals surface area contributed by atoms with Crippen LogP contribution in [-0.4, -0.2) is 5.97 Å². The van der Waals surface area contributed by atoms with Crippen molar-refractivity contribution in [2.45, 2.75) is 6.92 Å². The van der Waals surface area contributed by atoms with Gasteiger partial charge in [-0.1, -0.05) is 24.3 Å². The van der Waals surface area contributed by atoms with E-state index < -0.39 is 0 Å². The van der Waals surface area contributed by atoms with Crippen LogP contribution in [0, 0.1) is 11.3 Å². The van der Waals surface area contributed by atoms with Gasteiger partial charge in [0.25, 0.3) is 0 Å². The van der Waals surface area contributed by atoms with Crippen molar-refractivity contribution >= 4 is 5.97 Å². The maximum absolute atomic E-state index is 10.8. The summed E-state index contributed by atoms with van der Waals surface area (Å²) in [5, 5.41) is 8.72. The number of benzene rings is 2. The minimum Gasteiger partial charge on any atom is -0.427 e. The fourth-order valence-electron chi connectivity index (χ4n) is 1.62. The molecule has 0 unspecified atom stereocenters. The van der Waals surface area contributed by atoms with Gasteiger partial charge in [0, 0.05) is 6.92 Å². The highest BCUT2D eigenvalue weighted by atomic mass is 16.5. The van der Waals surface area contributed by atoms with Crippen LogP contribution in [0.15, 0.2) is 48.5 Å². The van der Waals surface area contributed by atoms with Gasteiger partial charge < -0.3 is 4.74 Å². The van der Waals surface area contributed by atoms with Crippen LogP contribution in [0.1, 0.15) is 12.5 Å². The van der Waals surface area contributed by atoms with Gasteiger partial charge in [0.15, 0.2) is 0 Å². The molecule has 0 aliphatic rings. The van der Waals surface area contributed by atoms with Crippen LogP contribution < -0.4 is 4.74 Å². The number of hydrogen-bond donors (Lipinski definition) is 0. The van der Waals surface area contributed by atoms with Crippen molar-refractivity contribution in [3.63, 3.8) is 0 Å². The number of hydrogen-bond acceptors (Lipinski definition) is 3. The number of carbonyl (C=O) groups excluding carboxylic acids is 1. The lowest BCUT2D eigenvalue weighted by Crippen LogP contribution is -2.00. The zero-order chi connectivity index (χ0) is 13.0. The number of nitrogens with zero attached hydrogens (tertiary/aromatic N) is 1. The van der Waals surface area contributed by atoms with Crippen LogP contribution in [0.3, 0.4) is 0 Å². The molecule has 2 aromatic rings. The van der Waals surface area contributed by atoms with Crippen molar-refractivity contribution in [2.24, 2.45) is 0 Å². The molecule has 88 valence electrons. The predicted molar refractivity (Wildman–Crippen MR) is 67.9 cm³/mol. The van der Waals surface area contributed by atoms with Crippen LogP contribution in [0.4, 0.5) is 0 Å². The Kier molecular flexibility index (Phi) is 3.40. The zero-order valence-corrected chi connectivity index (χ0v) is 9.88. The van der Waals surface area contributed by atoms with E-state index in [1.165, 1.54) is 6.92 Å². The normalized spacial score (nSPS) is 9.56. The van der Waals surface area contributed by atoms with E-state index in [9.17, 15) is 4.79 Å². The fraction of sp³-hybridized carbons (Fsp3) is 0.0667. The number of carbonyl (C=O) groups is 1. The third-order valence-electron chi connectivity index (χ3n) is 2.46. The van der Waals surface area contributed by atoms with E-state index in [1.54, 1.807) is 24.3 Å². The summed E-state index contributed by atoms with van der Waals surface area (Å²) in [6.45, 7) is 1.37. The molecule has 0 saturated carbocycles. The lowest BCUT2D eigenvalue weighted by molar-refractivity contribution is -0.131. The molecule has 0 fully saturated rings. The molecule has 0 saturated heterocycles. The molecule has 18 heavy (non-hydrogen) atoms. The highest BCUT2D eigenvalue weighted by molar-refractivity contribution is 5.70. The molecule has 0 aromatic heterocycles. The highest BCUT2D eigenvalue weighted by Gasteiger charge is 2.00. The summed E-state index contributed by atoms with van der Waals surface area (Å²) < 4.78 is 4.96. The van der Waals surface area contributed by atoms with Crippen molar-refractivity contribution in [1.29, 1.82) is 5.26 Å². The highest BCUT2D eigenvalue weighted by Crippen LogP contribution is 2.22. The Morgan fingerprint density at radius 1 is 1.00 bits per heavy atom. The average Bonchev–Trinajstić information content (AvgIpc) is 2.39. The van der Waals surface area contributed by atoms with Crippen molar-refractivity contribution < 1.29 is 9.53 Å². The summed E-state index contributed by atoms with van der Waals surface area (Å²) in [6, 6.07) is 16.6. The maximum atomic E-state index is 10.8. The van der Waals surface area contributed by atoms with E-state index in [-0.39, 0.29) is 5.97 Å². The van der Waals surface area contributed by atoms with E-state index in [0.29, 0.717) is 11.3 Å². The van der Waals surface area contributed by atoms with E-state index >= 15 is 0 Å². The van der Waals surface area contributed by atoms with Crippen molar-refractivity contribution in [2.75, 3.05) is 0 Å². The van der Waals surface area contributed by atoms with E-state index in [1.807, 2.05) is 24.3 Å². The first-order valence-corrected chi connectivity index (χ1v) is 5.48. The molecule has 0 radical (unpaired) electrons. The second-order valence-electron chi connectivity index (χ2n) is 3.81. The minimum atomic E-state index is -0.332. The minimum absolute atomic E-state index is 0.332. The number of nitriles is 1. The van der Waals surface area contributed by atoms with Gasteiger partial charge in [0.05, 0.1) is 11.6 Å². The third kappa shape index (κ3) is 2.74. The van der Waals surface area contributed by atoms with Crippen molar-refractivity contribution in [3.8, 4) is 22.9 Å². The Morgan fingerprint density at radius 3 is 1.94 bits per heavy atom. The maximum Gasteiger partial charge on any atom is 0.308 e. The van der Waals surface area contributed by atoms with E-state index in [0.717, 1.165) is 11.1 Å². The van der Waals surface area contributed by atoms with Gasteiger partial charge in [0.1, 0.15) is 5.75 Å². The molecule has 3 nitrogen and oxygen atoms in total. The smallest absolute Gasteiger partial charge is 0.308 e. The van der Waals surface area contributed by atoms with Gasteiger partial charge in [-0.05, 0) is 35.4 Å². The van der Waals surface area contributed by atoms with Gasteiger partial charge in [-0.2, -0.15) is 5.26 Å². The van der Waals surface area contributed by atoms with E-state index in [2.05, 4.69) is 6.07 Å². The van der Waals surface area contributed by atoms with Crippen LogP contribution in [0.25, 0.3) is 11.1 Å². The number of ether oxygens (including phenoxy) is 1. The predicted octanol–water partition coefficient (Wildman–Crippen LogP) is 3.15. The van der Waals surface area contributed by atoms with Crippen LogP contribution in [0.5, 0.6) is 5.75 Å². The largest absolute Gasteiger partial charge is 0.427 e. The second kappa shape index (κ2) is 5.15. The third-order valence-corrected chi connectivity index (χ3v) is 2.46. The molecule has 3 heteroatoms. The Hall–Kier alpha value is -2.60. The molecular weight excluding hydrogens is 226 g/mol. The first-order chi connectivity index (χ1) is 8.69. The molecule has 0 bridgehead atoms. The molecule has 0 aliphatic carbocycles. The second-order valence-corrected chi connectivity index (χ2v) is 3.81. The first kappa shape index (κ1) is 11.9. The Labute approximate surface area is 105 Å². The zero-order valence-electron chi connectivity index (χ0n) is 9.88. The first-order valence-electron chi connectivity index (χ1n) is 5.48. The summed E-state index contributed by atoms with van der Waals surface area (Å²) in [7, 11) is 0.